The Bertz CT molecular complexity index is 491. The van der Waals surface area contributed by atoms with Crippen LogP contribution in [0.25, 0.3) is 0 Å². The van der Waals surface area contributed by atoms with Crippen molar-refractivity contribution in [2.45, 2.75) is 40.0 Å². The molecule has 0 aromatic carbocycles. The molecule has 2 N–H and O–H groups in total. The molecule has 0 bridgehead atoms. The molecular weight excluding hydrogens is 282 g/mol. The highest BCUT2D eigenvalue weighted by molar-refractivity contribution is 7.80. The highest BCUT2D eigenvalue weighted by Crippen LogP contribution is 2.22. The smallest absolute Gasteiger partial charge is 0.231 e. The van der Waals surface area contributed by atoms with Gasteiger partial charge in [0.15, 0.2) is 5.11 Å². The lowest BCUT2D eigenvalue weighted by Crippen LogP contribution is -2.35. The van der Waals surface area contributed by atoms with E-state index in [4.69, 9.17) is 12.2 Å². The standard InChI is InChI=1S/C15H25N5S/c1-4-7-16-15(21)19-14-17-12(3)9-13(18-14)20-8-5-6-11(2)10-20/h9,11H,4-8,10H2,1-3H3,(H2,16,17,18,19,21)/t11-/m0/s1. The molecule has 1 aromatic heterocycles. The Morgan fingerprint density at radius 3 is 3.00 bits per heavy atom. The fourth-order valence-electron chi connectivity index (χ4n) is 2.55. The van der Waals surface area contributed by atoms with Gasteiger partial charge in [0, 0.05) is 31.4 Å². The van der Waals surface area contributed by atoms with Gasteiger partial charge in [-0.25, -0.2) is 4.98 Å². The number of nitrogens with one attached hydrogen (secondary N) is 2. The van der Waals surface area contributed by atoms with Crippen molar-refractivity contribution >= 4 is 29.1 Å². The molecule has 1 aliphatic rings. The summed E-state index contributed by atoms with van der Waals surface area (Å²) in [5, 5.41) is 6.80. The van der Waals surface area contributed by atoms with Crippen LogP contribution in [0.1, 0.15) is 38.8 Å². The van der Waals surface area contributed by atoms with Crippen molar-refractivity contribution in [1.82, 2.24) is 15.3 Å². The summed E-state index contributed by atoms with van der Waals surface area (Å²) < 4.78 is 0. The van der Waals surface area contributed by atoms with Crippen molar-refractivity contribution in [2.24, 2.45) is 5.92 Å². The summed E-state index contributed by atoms with van der Waals surface area (Å²) in [4.78, 5) is 11.4. The van der Waals surface area contributed by atoms with Crippen LogP contribution in [-0.4, -0.2) is 34.7 Å². The Labute approximate surface area is 132 Å². The maximum Gasteiger partial charge on any atom is 0.231 e. The lowest BCUT2D eigenvalue weighted by atomic mass is 10.0. The van der Waals surface area contributed by atoms with Crippen LogP contribution in [0, 0.1) is 12.8 Å². The molecular formula is C15H25N5S. The van der Waals surface area contributed by atoms with Crippen LogP contribution in [0.2, 0.25) is 0 Å². The third-order valence-electron chi connectivity index (χ3n) is 3.58. The maximum absolute atomic E-state index is 5.25. The number of hydrogen-bond acceptors (Lipinski definition) is 4. The van der Waals surface area contributed by atoms with Gasteiger partial charge in [-0.15, -0.1) is 0 Å². The van der Waals surface area contributed by atoms with E-state index >= 15 is 0 Å². The molecule has 2 rings (SSSR count). The number of aromatic nitrogens is 2. The molecule has 5 nitrogen and oxygen atoms in total. The summed E-state index contributed by atoms with van der Waals surface area (Å²) >= 11 is 5.25. The molecule has 0 aliphatic carbocycles. The first-order valence-electron chi connectivity index (χ1n) is 7.74. The highest BCUT2D eigenvalue weighted by atomic mass is 32.1. The zero-order chi connectivity index (χ0) is 15.2. The molecule has 0 radical (unpaired) electrons. The van der Waals surface area contributed by atoms with Crippen LogP contribution in [0.5, 0.6) is 0 Å². The first-order chi connectivity index (χ1) is 10.1. The minimum atomic E-state index is 0.580. The summed E-state index contributed by atoms with van der Waals surface area (Å²) in [6.07, 6.45) is 3.56. The molecule has 1 aliphatic heterocycles. The zero-order valence-corrected chi connectivity index (χ0v) is 14.0. The van der Waals surface area contributed by atoms with Gasteiger partial charge >= 0.3 is 0 Å². The van der Waals surface area contributed by atoms with Gasteiger partial charge in [-0.05, 0) is 44.3 Å². The summed E-state index contributed by atoms with van der Waals surface area (Å²) in [7, 11) is 0. The Hall–Kier alpha value is -1.43. The Morgan fingerprint density at radius 1 is 1.48 bits per heavy atom. The number of rotatable bonds is 4. The van der Waals surface area contributed by atoms with Crippen LogP contribution in [0.4, 0.5) is 11.8 Å². The maximum atomic E-state index is 5.25. The lowest BCUT2D eigenvalue weighted by molar-refractivity contribution is 0.444. The minimum absolute atomic E-state index is 0.580. The van der Waals surface area contributed by atoms with Gasteiger partial charge in [-0.1, -0.05) is 13.8 Å². The second-order valence-electron chi connectivity index (χ2n) is 5.77. The van der Waals surface area contributed by atoms with Crippen molar-refractivity contribution in [2.75, 3.05) is 29.9 Å². The molecule has 1 aromatic rings. The first-order valence-corrected chi connectivity index (χ1v) is 8.14. The predicted molar refractivity (Wildman–Crippen MR) is 91.9 cm³/mol. The number of anilines is 2. The van der Waals surface area contributed by atoms with Gasteiger partial charge in [-0.2, -0.15) is 4.98 Å². The van der Waals surface area contributed by atoms with E-state index in [1.165, 1.54) is 12.8 Å². The van der Waals surface area contributed by atoms with E-state index in [-0.39, 0.29) is 0 Å². The highest BCUT2D eigenvalue weighted by Gasteiger charge is 2.18. The summed E-state index contributed by atoms with van der Waals surface area (Å²) in [5.74, 6) is 2.30. The number of hydrogen-bond donors (Lipinski definition) is 2. The SMILES string of the molecule is CCCNC(=S)Nc1nc(C)cc(N2CCC[C@H](C)C2)n1. The largest absolute Gasteiger partial charge is 0.362 e. The zero-order valence-electron chi connectivity index (χ0n) is 13.1. The van der Waals surface area contributed by atoms with Gasteiger partial charge in [0.1, 0.15) is 5.82 Å². The number of nitrogens with zero attached hydrogens (tertiary/aromatic N) is 3. The molecule has 2 heterocycles. The van der Waals surface area contributed by atoms with Gasteiger partial charge in [0.05, 0.1) is 0 Å². The van der Waals surface area contributed by atoms with Crippen LogP contribution >= 0.6 is 12.2 Å². The summed E-state index contributed by atoms with van der Waals surface area (Å²) in [5.41, 5.74) is 0.957. The van der Waals surface area contributed by atoms with Crippen molar-refractivity contribution < 1.29 is 0 Å². The molecule has 1 fully saturated rings. The number of aryl methyl sites for hydroxylation is 1. The molecule has 0 unspecified atom stereocenters. The number of piperidine rings is 1. The Balaban J connectivity index is 2.07. The van der Waals surface area contributed by atoms with Gasteiger partial charge < -0.3 is 15.5 Å². The van der Waals surface area contributed by atoms with Crippen molar-refractivity contribution in [1.29, 1.82) is 0 Å². The Morgan fingerprint density at radius 2 is 2.29 bits per heavy atom. The molecule has 21 heavy (non-hydrogen) atoms. The molecule has 0 saturated carbocycles. The van der Waals surface area contributed by atoms with E-state index in [2.05, 4.69) is 39.3 Å². The van der Waals surface area contributed by atoms with Gasteiger partial charge in [0.2, 0.25) is 5.95 Å². The van der Waals surface area contributed by atoms with Crippen LogP contribution in [0.15, 0.2) is 6.07 Å². The molecule has 1 atom stereocenters. The van der Waals surface area contributed by atoms with Gasteiger partial charge in [-0.3, -0.25) is 0 Å². The molecule has 0 amide bonds. The first kappa shape index (κ1) is 15.9. The van der Waals surface area contributed by atoms with E-state index < -0.39 is 0 Å². The monoisotopic (exact) mass is 307 g/mol. The minimum Gasteiger partial charge on any atom is -0.362 e. The van der Waals surface area contributed by atoms with E-state index in [1.54, 1.807) is 0 Å². The van der Waals surface area contributed by atoms with E-state index in [0.29, 0.717) is 11.1 Å². The van der Waals surface area contributed by atoms with Crippen molar-refractivity contribution in [3.63, 3.8) is 0 Å². The van der Waals surface area contributed by atoms with Gasteiger partial charge in [0.25, 0.3) is 0 Å². The average molecular weight is 307 g/mol. The summed E-state index contributed by atoms with van der Waals surface area (Å²) in [6.45, 7) is 9.38. The topological polar surface area (TPSA) is 53.1 Å². The van der Waals surface area contributed by atoms with E-state index in [1.807, 2.05) is 13.0 Å². The van der Waals surface area contributed by atoms with E-state index in [9.17, 15) is 0 Å². The second-order valence-corrected chi connectivity index (χ2v) is 6.17. The van der Waals surface area contributed by atoms with Crippen LogP contribution < -0.4 is 15.5 Å². The quantitative estimate of drug-likeness (QED) is 0.834. The van der Waals surface area contributed by atoms with Crippen molar-refractivity contribution in [3.05, 3.63) is 11.8 Å². The predicted octanol–water partition coefficient (Wildman–Crippen LogP) is 2.72. The second kappa shape index (κ2) is 7.54. The molecule has 6 heteroatoms. The lowest BCUT2D eigenvalue weighted by Gasteiger charge is -2.32. The fraction of sp³-hybridized carbons (Fsp3) is 0.667. The molecule has 116 valence electrons. The fourth-order valence-corrected chi connectivity index (χ4v) is 2.74. The van der Waals surface area contributed by atoms with E-state index in [0.717, 1.165) is 43.5 Å². The third kappa shape index (κ3) is 4.81. The summed E-state index contributed by atoms with van der Waals surface area (Å²) in [6, 6.07) is 2.05. The Kier molecular flexibility index (Phi) is 5.73. The number of thiocarbonyl (C=S) groups is 1. The average Bonchev–Trinajstić information content (AvgIpc) is 2.44. The normalized spacial score (nSPS) is 18.4. The molecule has 1 saturated heterocycles. The third-order valence-corrected chi connectivity index (χ3v) is 3.83. The van der Waals surface area contributed by atoms with Crippen molar-refractivity contribution in [3.8, 4) is 0 Å². The van der Waals surface area contributed by atoms with Crippen LogP contribution in [-0.2, 0) is 0 Å². The van der Waals surface area contributed by atoms with Crippen LogP contribution in [0.3, 0.4) is 0 Å². The molecule has 0 spiro atoms.